The Morgan fingerprint density at radius 3 is 3.25 bits per heavy atom. The summed E-state index contributed by atoms with van der Waals surface area (Å²) in [5, 5.41) is 11.9. The summed E-state index contributed by atoms with van der Waals surface area (Å²) in [6, 6.07) is 0. The van der Waals surface area contributed by atoms with Crippen LogP contribution in [0.15, 0.2) is 5.38 Å². The van der Waals surface area contributed by atoms with Crippen molar-refractivity contribution in [3.05, 3.63) is 11.1 Å². The van der Waals surface area contributed by atoms with Crippen LogP contribution in [0, 0.1) is 0 Å². The summed E-state index contributed by atoms with van der Waals surface area (Å²) in [6.07, 6.45) is 0.476. The van der Waals surface area contributed by atoms with Gasteiger partial charge in [0.25, 0.3) is 0 Å². The summed E-state index contributed by atoms with van der Waals surface area (Å²) >= 11 is 1.41. The summed E-state index contributed by atoms with van der Waals surface area (Å²) in [5.41, 5.74) is 0.350. The predicted molar refractivity (Wildman–Crippen MR) is 60.9 cm³/mol. The zero-order chi connectivity index (χ0) is 11.5. The highest BCUT2D eigenvalue weighted by Crippen LogP contribution is 2.24. The maximum Gasteiger partial charge on any atom is 0.357 e. The monoisotopic (exact) mass is 242 g/mol. The Morgan fingerprint density at radius 2 is 2.62 bits per heavy atom. The van der Waals surface area contributed by atoms with Crippen LogP contribution < -0.4 is 4.90 Å². The molecule has 2 rings (SSSR count). The van der Waals surface area contributed by atoms with Gasteiger partial charge in [-0.25, -0.2) is 9.78 Å². The molecule has 6 heteroatoms. The van der Waals surface area contributed by atoms with Crippen LogP contribution in [0.25, 0.3) is 0 Å². The van der Waals surface area contributed by atoms with Gasteiger partial charge >= 0.3 is 5.97 Å². The summed E-state index contributed by atoms with van der Waals surface area (Å²) in [6.45, 7) is 3.50. The van der Waals surface area contributed by atoms with Crippen molar-refractivity contribution in [1.29, 1.82) is 0 Å². The SMILES string of the molecule is CCOC(=O)c1csc(N2CCC(O)C2)n1. The number of ether oxygens (including phenoxy) is 1. The second-order valence-electron chi connectivity index (χ2n) is 3.62. The lowest BCUT2D eigenvalue weighted by Crippen LogP contribution is -2.21. The standard InChI is InChI=1S/C10H14N2O3S/c1-2-15-9(14)8-6-16-10(11-8)12-4-3-7(13)5-12/h6-7,13H,2-5H2,1H3. The number of anilines is 1. The van der Waals surface area contributed by atoms with Gasteiger partial charge in [0.1, 0.15) is 0 Å². The molecular formula is C10H14N2O3S. The number of rotatable bonds is 3. The van der Waals surface area contributed by atoms with Gasteiger partial charge in [-0.3, -0.25) is 0 Å². The number of esters is 1. The van der Waals surface area contributed by atoms with Crippen LogP contribution in [0.3, 0.4) is 0 Å². The number of hydrogen-bond donors (Lipinski definition) is 1. The number of aromatic nitrogens is 1. The molecule has 0 aromatic carbocycles. The van der Waals surface area contributed by atoms with E-state index in [0.29, 0.717) is 18.8 Å². The lowest BCUT2D eigenvalue weighted by molar-refractivity contribution is 0.0520. The van der Waals surface area contributed by atoms with Crippen LogP contribution in [0.5, 0.6) is 0 Å². The molecule has 1 unspecified atom stereocenters. The highest BCUT2D eigenvalue weighted by molar-refractivity contribution is 7.13. The van der Waals surface area contributed by atoms with Gasteiger partial charge in [-0.2, -0.15) is 0 Å². The van der Waals surface area contributed by atoms with Crippen LogP contribution in [0.4, 0.5) is 5.13 Å². The van der Waals surface area contributed by atoms with Gasteiger partial charge in [-0.05, 0) is 13.3 Å². The van der Waals surface area contributed by atoms with Crippen LogP contribution in [0.2, 0.25) is 0 Å². The lowest BCUT2D eigenvalue weighted by atomic mass is 10.3. The largest absolute Gasteiger partial charge is 0.461 e. The molecule has 0 radical (unpaired) electrons. The molecule has 1 aromatic heterocycles. The van der Waals surface area contributed by atoms with Crippen molar-refractivity contribution in [2.75, 3.05) is 24.6 Å². The van der Waals surface area contributed by atoms with Gasteiger partial charge in [0.05, 0.1) is 12.7 Å². The van der Waals surface area contributed by atoms with Crippen molar-refractivity contribution in [1.82, 2.24) is 4.98 Å². The Balaban J connectivity index is 2.04. The van der Waals surface area contributed by atoms with Crippen LogP contribution >= 0.6 is 11.3 Å². The molecule has 0 amide bonds. The number of nitrogens with zero attached hydrogens (tertiary/aromatic N) is 2. The van der Waals surface area contributed by atoms with Crippen molar-refractivity contribution in [2.24, 2.45) is 0 Å². The summed E-state index contributed by atoms with van der Waals surface area (Å²) in [7, 11) is 0. The second kappa shape index (κ2) is 4.80. The highest BCUT2D eigenvalue weighted by atomic mass is 32.1. The number of β-amino-alcohol motifs (C(OH)–C–C–N with tert-alkyl or cyclic N) is 1. The lowest BCUT2D eigenvalue weighted by Gasteiger charge is -2.12. The fourth-order valence-corrected chi connectivity index (χ4v) is 2.46. The molecule has 5 nitrogen and oxygen atoms in total. The minimum Gasteiger partial charge on any atom is -0.461 e. The van der Waals surface area contributed by atoms with E-state index in [4.69, 9.17) is 4.74 Å². The van der Waals surface area contributed by atoms with E-state index in [-0.39, 0.29) is 12.1 Å². The van der Waals surface area contributed by atoms with Gasteiger partial charge in [0.2, 0.25) is 0 Å². The van der Waals surface area contributed by atoms with E-state index < -0.39 is 0 Å². The first-order valence-electron chi connectivity index (χ1n) is 5.26. The average Bonchev–Trinajstić information content (AvgIpc) is 2.85. The first kappa shape index (κ1) is 11.3. The number of hydrogen-bond acceptors (Lipinski definition) is 6. The number of carbonyl (C=O) groups is 1. The van der Waals surface area contributed by atoms with E-state index >= 15 is 0 Å². The summed E-state index contributed by atoms with van der Waals surface area (Å²) < 4.78 is 4.86. The maximum absolute atomic E-state index is 11.4. The Hall–Kier alpha value is -1.14. The van der Waals surface area contributed by atoms with Crippen molar-refractivity contribution in [3.8, 4) is 0 Å². The van der Waals surface area contributed by atoms with Crippen LogP contribution in [-0.2, 0) is 4.74 Å². The minimum atomic E-state index is -0.384. The van der Waals surface area contributed by atoms with E-state index in [1.807, 2.05) is 4.90 Å². The average molecular weight is 242 g/mol. The number of aliphatic hydroxyl groups is 1. The molecular weight excluding hydrogens is 228 g/mol. The molecule has 2 heterocycles. The van der Waals surface area contributed by atoms with Crippen molar-refractivity contribution < 1.29 is 14.6 Å². The number of aliphatic hydroxyl groups excluding tert-OH is 1. The molecule has 1 aromatic rings. The molecule has 1 saturated heterocycles. The summed E-state index contributed by atoms with van der Waals surface area (Å²) in [5.74, 6) is -0.384. The Labute approximate surface area is 97.7 Å². The molecule has 16 heavy (non-hydrogen) atoms. The fraction of sp³-hybridized carbons (Fsp3) is 0.600. The first-order chi connectivity index (χ1) is 7.70. The number of carbonyl (C=O) groups excluding carboxylic acids is 1. The van der Waals surface area contributed by atoms with Crippen molar-refractivity contribution >= 4 is 22.4 Å². The van der Waals surface area contributed by atoms with E-state index in [9.17, 15) is 9.90 Å². The van der Waals surface area contributed by atoms with Crippen molar-refractivity contribution in [2.45, 2.75) is 19.4 Å². The first-order valence-corrected chi connectivity index (χ1v) is 6.14. The van der Waals surface area contributed by atoms with Crippen LogP contribution in [-0.4, -0.2) is 41.9 Å². The second-order valence-corrected chi connectivity index (χ2v) is 4.46. The summed E-state index contributed by atoms with van der Waals surface area (Å²) in [4.78, 5) is 17.6. The molecule has 88 valence electrons. The minimum absolute atomic E-state index is 0.282. The third-order valence-electron chi connectivity index (χ3n) is 2.41. The third kappa shape index (κ3) is 2.33. The quantitative estimate of drug-likeness (QED) is 0.798. The van der Waals surface area contributed by atoms with Crippen LogP contribution in [0.1, 0.15) is 23.8 Å². The topological polar surface area (TPSA) is 62.7 Å². The van der Waals surface area contributed by atoms with Crippen molar-refractivity contribution in [3.63, 3.8) is 0 Å². The number of thiazole rings is 1. The molecule has 0 bridgehead atoms. The fourth-order valence-electron chi connectivity index (χ4n) is 1.62. The molecule has 1 atom stereocenters. The van der Waals surface area contributed by atoms with Gasteiger partial charge < -0.3 is 14.7 Å². The normalized spacial score (nSPS) is 20.1. The van der Waals surface area contributed by atoms with E-state index in [0.717, 1.165) is 18.1 Å². The Kier molecular flexibility index (Phi) is 3.40. The molecule has 0 aliphatic carbocycles. The zero-order valence-corrected chi connectivity index (χ0v) is 9.87. The van der Waals surface area contributed by atoms with E-state index in [1.165, 1.54) is 11.3 Å². The maximum atomic E-state index is 11.4. The Bertz CT molecular complexity index is 380. The highest BCUT2D eigenvalue weighted by Gasteiger charge is 2.23. The molecule has 1 fully saturated rings. The van der Waals surface area contributed by atoms with Gasteiger partial charge in [0, 0.05) is 18.5 Å². The molecule has 1 aliphatic heterocycles. The smallest absolute Gasteiger partial charge is 0.357 e. The predicted octanol–water partition coefficient (Wildman–Crippen LogP) is 0.891. The zero-order valence-electron chi connectivity index (χ0n) is 9.05. The van der Waals surface area contributed by atoms with Gasteiger partial charge in [-0.15, -0.1) is 11.3 Å². The van der Waals surface area contributed by atoms with E-state index in [2.05, 4.69) is 4.98 Å². The Morgan fingerprint density at radius 1 is 1.81 bits per heavy atom. The molecule has 0 saturated carbocycles. The molecule has 1 N–H and O–H groups in total. The molecule has 0 spiro atoms. The van der Waals surface area contributed by atoms with Gasteiger partial charge in [0.15, 0.2) is 10.8 Å². The molecule has 1 aliphatic rings. The van der Waals surface area contributed by atoms with Gasteiger partial charge in [-0.1, -0.05) is 0 Å². The van der Waals surface area contributed by atoms with E-state index in [1.54, 1.807) is 12.3 Å². The third-order valence-corrected chi connectivity index (χ3v) is 3.31.